The van der Waals surface area contributed by atoms with Crippen LogP contribution in [-0.4, -0.2) is 51.6 Å². The third kappa shape index (κ3) is 4.34. The van der Waals surface area contributed by atoms with E-state index in [1.165, 1.54) is 36.3 Å². The molecule has 5 aromatic rings. The zero-order valence-corrected chi connectivity index (χ0v) is 20.8. The molecule has 0 atom stereocenters. The molecule has 4 aromatic heterocycles. The van der Waals surface area contributed by atoms with Crippen LogP contribution in [0.4, 0.5) is 20.4 Å². The number of aromatic nitrogens is 6. The lowest BCUT2D eigenvalue weighted by Gasteiger charge is -2.15. The van der Waals surface area contributed by atoms with Gasteiger partial charge in [-0.05, 0) is 31.2 Å². The van der Waals surface area contributed by atoms with Crippen molar-refractivity contribution in [3.63, 3.8) is 0 Å². The summed E-state index contributed by atoms with van der Waals surface area (Å²) in [6.45, 7) is 2.47. The number of hydrogen-bond donors (Lipinski definition) is 2. The monoisotopic (exact) mass is 546 g/mol. The summed E-state index contributed by atoms with van der Waals surface area (Å²) in [6.07, 6.45) is 4.04. The van der Waals surface area contributed by atoms with Crippen LogP contribution in [0, 0.1) is 11.6 Å². The molecule has 0 saturated carbocycles. The summed E-state index contributed by atoms with van der Waals surface area (Å²) >= 11 is 5.90. The van der Waals surface area contributed by atoms with Crippen LogP contribution in [0.3, 0.4) is 0 Å². The van der Waals surface area contributed by atoms with Crippen LogP contribution in [0.2, 0.25) is 5.02 Å². The van der Waals surface area contributed by atoms with Gasteiger partial charge in [0.15, 0.2) is 22.0 Å². The van der Waals surface area contributed by atoms with Crippen LogP contribution in [0.1, 0.15) is 6.92 Å². The van der Waals surface area contributed by atoms with Gasteiger partial charge in [0.1, 0.15) is 12.1 Å². The Bertz CT molecular complexity index is 1780. The van der Waals surface area contributed by atoms with E-state index < -0.39 is 37.8 Å². The van der Waals surface area contributed by atoms with E-state index in [9.17, 15) is 8.42 Å². The van der Waals surface area contributed by atoms with Gasteiger partial charge in [-0.3, -0.25) is 9.12 Å². The highest BCUT2D eigenvalue weighted by atomic mass is 35.5. The summed E-state index contributed by atoms with van der Waals surface area (Å²) in [5.41, 5.74) is -0.509. The van der Waals surface area contributed by atoms with Crippen molar-refractivity contribution in [1.82, 2.24) is 29.5 Å². The van der Waals surface area contributed by atoms with Crippen molar-refractivity contribution in [3.05, 3.63) is 59.6 Å². The molecule has 5 rings (SSSR count). The normalized spacial score (nSPS) is 11.7. The molecule has 2 N–H and O–H groups in total. The molecule has 190 valence electrons. The van der Waals surface area contributed by atoms with Gasteiger partial charge in [0.25, 0.3) is 10.0 Å². The fourth-order valence-electron chi connectivity index (χ4n) is 3.73. The van der Waals surface area contributed by atoms with Crippen LogP contribution in [-0.2, 0) is 10.0 Å². The molecule has 0 aliphatic carbocycles. The largest absolute Gasteiger partial charge is 0.480 e. The first kappa shape index (κ1) is 24.5. The average Bonchev–Trinajstić information content (AvgIpc) is 3.37. The molecule has 11 nitrogen and oxygen atoms in total. The Kier molecular flexibility index (Phi) is 6.21. The van der Waals surface area contributed by atoms with Crippen molar-refractivity contribution in [2.75, 3.05) is 23.7 Å². The Morgan fingerprint density at radius 2 is 1.95 bits per heavy atom. The molecular formula is C22H17ClF2N8O3S. The Morgan fingerprint density at radius 1 is 1.14 bits per heavy atom. The third-order valence-corrected chi connectivity index (χ3v) is 6.89. The van der Waals surface area contributed by atoms with E-state index in [0.29, 0.717) is 23.5 Å². The molecule has 0 saturated heterocycles. The fourth-order valence-corrected chi connectivity index (χ4v) is 5.16. The maximum Gasteiger partial charge on any atom is 0.267 e. The number of halogens is 3. The van der Waals surface area contributed by atoms with Gasteiger partial charge >= 0.3 is 0 Å². The fraction of sp³-hybridized carbons (Fsp3) is 0.136. The zero-order chi connectivity index (χ0) is 26.3. The molecule has 15 heteroatoms. The molecule has 0 spiro atoms. The Balaban J connectivity index is 1.66. The van der Waals surface area contributed by atoms with Crippen LogP contribution in [0.15, 0.2) is 47.9 Å². The van der Waals surface area contributed by atoms with Crippen LogP contribution >= 0.6 is 11.6 Å². The number of fused-ring (bicyclic) bond motifs is 3. The zero-order valence-electron chi connectivity index (χ0n) is 19.2. The summed E-state index contributed by atoms with van der Waals surface area (Å²) in [4.78, 5) is 12.0. The second-order valence-electron chi connectivity index (χ2n) is 7.64. The first-order valence-corrected chi connectivity index (χ1v) is 12.5. The molecule has 1 aromatic carbocycles. The van der Waals surface area contributed by atoms with Gasteiger partial charge in [-0.2, -0.15) is 4.98 Å². The van der Waals surface area contributed by atoms with Crippen molar-refractivity contribution in [3.8, 4) is 17.0 Å². The Morgan fingerprint density at radius 3 is 2.70 bits per heavy atom. The van der Waals surface area contributed by atoms with E-state index in [1.807, 2.05) is 6.92 Å². The van der Waals surface area contributed by atoms with E-state index in [-0.39, 0.29) is 22.1 Å². The number of benzene rings is 1. The predicted molar refractivity (Wildman–Crippen MR) is 132 cm³/mol. The maximum absolute atomic E-state index is 15.8. The number of nitrogens with zero attached hydrogens (tertiary/aromatic N) is 6. The molecule has 0 aliphatic rings. The Hall–Kier alpha value is -4.17. The summed E-state index contributed by atoms with van der Waals surface area (Å²) in [5, 5.41) is 11.3. The molecule has 4 heterocycles. The summed E-state index contributed by atoms with van der Waals surface area (Å²) in [5.74, 6) is -2.02. The highest BCUT2D eigenvalue weighted by Gasteiger charge is 2.26. The number of anilines is 2. The highest BCUT2D eigenvalue weighted by molar-refractivity contribution is 7.92. The molecular weight excluding hydrogens is 530 g/mol. The number of pyridine rings is 2. The lowest BCUT2D eigenvalue weighted by atomic mass is 10.0. The van der Waals surface area contributed by atoms with Gasteiger partial charge in [-0.25, -0.2) is 27.2 Å². The van der Waals surface area contributed by atoms with Crippen molar-refractivity contribution in [2.24, 2.45) is 0 Å². The van der Waals surface area contributed by atoms with E-state index >= 15 is 8.78 Å². The minimum absolute atomic E-state index is 0.0165. The van der Waals surface area contributed by atoms with E-state index in [4.69, 9.17) is 16.3 Å². The smallest absolute Gasteiger partial charge is 0.267 e. The maximum atomic E-state index is 15.8. The number of rotatable bonds is 7. The Labute approximate surface area is 213 Å². The van der Waals surface area contributed by atoms with Crippen LogP contribution in [0.25, 0.3) is 27.8 Å². The van der Waals surface area contributed by atoms with Crippen molar-refractivity contribution in [1.29, 1.82) is 0 Å². The third-order valence-electron chi connectivity index (χ3n) is 5.32. The number of ether oxygens (including phenoxy) is 1. The van der Waals surface area contributed by atoms with E-state index in [1.54, 1.807) is 0 Å². The van der Waals surface area contributed by atoms with Gasteiger partial charge < -0.3 is 10.1 Å². The van der Waals surface area contributed by atoms with Crippen LogP contribution < -0.4 is 14.8 Å². The average molecular weight is 547 g/mol. The summed E-state index contributed by atoms with van der Waals surface area (Å²) in [7, 11) is -3.21. The minimum Gasteiger partial charge on any atom is -0.480 e. The molecule has 0 bridgehead atoms. The van der Waals surface area contributed by atoms with Gasteiger partial charge in [0.05, 0.1) is 23.4 Å². The lowest BCUT2D eigenvalue weighted by Crippen LogP contribution is -2.16. The van der Waals surface area contributed by atoms with Crippen molar-refractivity contribution >= 4 is 49.9 Å². The lowest BCUT2D eigenvalue weighted by molar-refractivity contribution is 0.385. The van der Waals surface area contributed by atoms with Gasteiger partial charge in [-0.1, -0.05) is 11.6 Å². The first-order valence-electron chi connectivity index (χ1n) is 10.7. The topological polar surface area (TPSA) is 136 Å². The molecule has 0 amide bonds. The molecule has 0 fully saturated rings. The second-order valence-corrected chi connectivity index (χ2v) is 9.72. The highest BCUT2D eigenvalue weighted by Crippen LogP contribution is 2.36. The van der Waals surface area contributed by atoms with E-state index in [0.717, 1.165) is 18.2 Å². The molecule has 0 unspecified atom stereocenters. The van der Waals surface area contributed by atoms with Crippen LogP contribution in [0.5, 0.6) is 5.88 Å². The quantitative estimate of drug-likeness (QED) is 0.311. The van der Waals surface area contributed by atoms with Crippen molar-refractivity contribution < 1.29 is 21.9 Å². The predicted octanol–water partition coefficient (Wildman–Crippen LogP) is 3.91. The summed E-state index contributed by atoms with van der Waals surface area (Å²) < 4.78 is 65.5. The van der Waals surface area contributed by atoms with Gasteiger partial charge in [0, 0.05) is 29.9 Å². The standard InChI is InChI=1S/C22H17ClF2N8O3S/c1-3-26-22-28-8-11-6-13(20-31-29-10-33(20)19(11)30-22)17-14(24)4-5-15(18(17)25)32-37(34,35)16-7-12(23)9-27-21(16)36-2/h4-10,32H,3H2,1-2H3,(H,26,28,30). The first-order chi connectivity index (χ1) is 17.7. The summed E-state index contributed by atoms with van der Waals surface area (Å²) in [6, 6.07) is 4.46. The van der Waals surface area contributed by atoms with E-state index in [2.05, 4.69) is 35.2 Å². The molecule has 0 aliphatic heterocycles. The minimum atomic E-state index is -4.43. The number of methoxy groups -OCH3 is 1. The number of nitrogens with one attached hydrogen (secondary N) is 2. The molecule has 37 heavy (non-hydrogen) atoms. The van der Waals surface area contributed by atoms with Crippen molar-refractivity contribution in [2.45, 2.75) is 11.8 Å². The second kappa shape index (κ2) is 9.37. The molecule has 0 radical (unpaired) electrons. The number of sulfonamides is 1. The SMILES string of the molecule is CCNc1ncc2cc(-c3c(F)ccc(NS(=O)(=O)c4cc(Cl)cnc4OC)c3F)c3nncn3c2n1. The van der Waals surface area contributed by atoms with Gasteiger partial charge in [0.2, 0.25) is 11.8 Å². The number of hydrogen-bond acceptors (Lipinski definition) is 9. The van der Waals surface area contributed by atoms with Gasteiger partial charge in [-0.15, -0.1) is 10.2 Å².